The van der Waals surface area contributed by atoms with E-state index in [1.807, 2.05) is 0 Å². The van der Waals surface area contributed by atoms with E-state index in [9.17, 15) is 4.79 Å². The van der Waals surface area contributed by atoms with Gasteiger partial charge in [-0.2, -0.15) is 0 Å². The molecule has 0 unspecified atom stereocenters. The molecule has 1 nitrogen and oxygen atoms in total. The van der Waals surface area contributed by atoms with Gasteiger partial charge in [0.1, 0.15) is 13.5 Å². The molecule has 0 radical (unpaired) electrons. The number of hydrogen-bond acceptors (Lipinski definition) is 1. The molecule has 0 fully saturated rings. The van der Waals surface area contributed by atoms with Crippen LogP contribution in [0.25, 0.3) is 0 Å². The molecule has 20 heavy (non-hydrogen) atoms. The van der Waals surface area contributed by atoms with E-state index in [0.29, 0.717) is 5.41 Å². The molecule has 0 heterocycles. The Morgan fingerprint density at radius 2 is 1.45 bits per heavy atom. The van der Waals surface area contributed by atoms with Gasteiger partial charge in [0.05, 0.1) is 0 Å². The lowest BCUT2D eigenvalue weighted by Crippen LogP contribution is -2.46. The first-order valence-electron chi connectivity index (χ1n) is 7.81. The molecular weight excluding hydrogens is 260 g/mol. The highest BCUT2D eigenvalue weighted by Crippen LogP contribution is 2.37. The van der Waals surface area contributed by atoms with Crippen molar-refractivity contribution in [3.8, 4) is 0 Å². The summed E-state index contributed by atoms with van der Waals surface area (Å²) < 4.78 is 0. The molecule has 0 N–H and O–H groups in total. The predicted octanol–water partition coefficient (Wildman–Crippen LogP) is 6.08. The SMILES string of the molecule is CC(C)=CCC/C(C)=C/CCC(=O)[Si](C)(C)C(C)(C)C. The zero-order valence-electron chi connectivity index (χ0n) is 14.9. The lowest BCUT2D eigenvalue weighted by atomic mass is 10.1. The topological polar surface area (TPSA) is 17.1 Å². The van der Waals surface area contributed by atoms with Crippen LogP contribution in [0.5, 0.6) is 0 Å². The maximum atomic E-state index is 12.4. The fraction of sp³-hybridized carbons (Fsp3) is 0.722. The van der Waals surface area contributed by atoms with Gasteiger partial charge in [0.15, 0.2) is 0 Å². The van der Waals surface area contributed by atoms with E-state index >= 15 is 0 Å². The Balaban J connectivity index is 4.30. The van der Waals surface area contributed by atoms with Crippen LogP contribution in [-0.2, 0) is 4.79 Å². The normalized spacial score (nSPS) is 13.3. The molecule has 0 aromatic carbocycles. The van der Waals surface area contributed by atoms with Gasteiger partial charge in [0, 0.05) is 6.42 Å². The van der Waals surface area contributed by atoms with Crippen LogP contribution in [0, 0.1) is 0 Å². The van der Waals surface area contributed by atoms with Gasteiger partial charge in [-0.05, 0) is 45.1 Å². The highest BCUT2D eigenvalue weighted by Gasteiger charge is 2.41. The van der Waals surface area contributed by atoms with E-state index in [1.165, 1.54) is 11.1 Å². The molecule has 0 saturated heterocycles. The molecule has 0 amide bonds. The third kappa shape index (κ3) is 6.69. The third-order valence-electron chi connectivity index (χ3n) is 4.53. The first-order valence-corrected chi connectivity index (χ1v) is 10.8. The fourth-order valence-corrected chi connectivity index (χ4v) is 3.48. The minimum atomic E-state index is -1.80. The predicted molar refractivity (Wildman–Crippen MR) is 93.9 cm³/mol. The number of carbonyl (C=O) groups excluding carboxylic acids is 1. The van der Waals surface area contributed by atoms with E-state index in [0.717, 1.165) is 25.7 Å². The van der Waals surface area contributed by atoms with Crippen LogP contribution < -0.4 is 0 Å². The van der Waals surface area contributed by atoms with Gasteiger partial charge in [-0.1, -0.05) is 57.2 Å². The van der Waals surface area contributed by atoms with Crippen molar-refractivity contribution in [3.63, 3.8) is 0 Å². The summed E-state index contributed by atoms with van der Waals surface area (Å²) in [6, 6.07) is 0. The molecule has 0 aromatic heterocycles. The van der Waals surface area contributed by atoms with Crippen molar-refractivity contribution in [3.05, 3.63) is 23.3 Å². The molecule has 0 aliphatic heterocycles. The van der Waals surface area contributed by atoms with E-state index in [2.05, 4.69) is 66.8 Å². The Labute approximate surface area is 127 Å². The second-order valence-corrected chi connectivity index (χ2v) is 13.0. The fourth-order valence-electron chi connectivity index (χ4n) is 1.87. The van der Waals surface area contributed by atoms with Crippen molar-refractivity contribution in [2.75, 3.05) is 0 Å². The van der Waals surface area contributed by atoms with Gasteiger partial charge in [-0.25, -0.2) is 0 Å². The summed E-state index contributed by atoms with van der Waals surface area (Å²) in [6.45, 7) is 17.5. The summed E-state index contributed by atoms with van der Waals surface area (Å²) in [5.74, 6) is 0. The Morgan fingerprint density at radius 3 is 1.90 bits per heavy atom. The smallest absolute Gasteiger partial charge is 0.132 e. The van der Waals surface area contributed by atoms with Crippen LogP contribution in [-0.4, -0.2) is 13.5 Å². The Kier molecular flexibility index (Phi) is 7.72. The summed E-state index contributed by atoms with van der Waals surface area (Å²) in [7, 11) is -1.80. The van der Waals surface area contributed by atoms with Crippen molar-refractivity contribution in [1.82, 2.24) is 0 Å². The van der Waals surface area contributed by atoms with Crippen molar-refractivity contribution in [1.29, 1.82) is 0 Å². The minimum absolute atomic E-state index is 0.159. The van der Waals surface area contributed by atoms with E-state index < -0.39 is 8.07 Å². The third-order valence-corrected chi connectivity index (χ3v) is 9.92. The second kappa shape index (κ2) is 7.97. The summed E-state index contributed by atoms with van der Waals surface area (Å²) in [6.07, 6.45) is 8.38. The number of allylic oxidation sites excluding steroid dienone is 4. The van der Waals surface area contributed by atoms with E-state index in [4.69, 9.17) is 0 Å². The maximum Gasteiger partial charge on any atom is 0.132 e. The highest BCUT2D eigenvalue weighted by molar-refractivity contribution is 7.06. The molecule has 2 heteroatoms. The number of rotatable bonds is 7. The molecule has 0 saturated carbocycles. The minimum Gasteiger partial charge on any atom is -0.305 e. The average molecular weight is 295 g/mol. The van der Waals surface area contributed by atoms with Crippen LogP contribution in [0.4, 0.5) is 0 Å². The molecule has 0 bridgehead atoms. The molecule has 0 spiro atoms. The molecule has 0 aliphatic rings. The first-order chi connectivity index (χ1) is 8.98. The van der Waals surface area contributed by atoms with Gasteiger partial charge in [-0.3, -0.25) is 0 Å². The second-order valence-electron chi connectivity index (χ2n) is 7.71. The van der Waals surface area contributed by atoms with Crippen LogP contribution in [0.2, 0.25) is 18.1 Å². The summed E-state index contributed by atoms with van der Waals surface area (Å²) in [5, 5.41) is 0.671. The van der Waals surface area contributed by atoms with E-state index in [-0.39, 0.29) is 5.04 Å². The van der Waals surface area contributed by atoms with Gasteiger partial charge >= 0.3 is 0 Å². The van der Waals surface area contributed by atoms with Gasteiger partial charge < -0.3 is 4.79 Å². The molecular formula is C18H34OSi. The largest absolute Gasteiger partial charge is 0.305 e. The highest BCUT2D eigenvalue weighted by atomic mass is 28.3. The molecule has 0 aliphatic carbocycles. The summed E-state index contributed by atoms with van der Waals surface area (Å²) in [5.41, 5.74) is 2.79. The van der Waals surface area contributed by atoms with Gasteiger partial charge in [-0.15, -0.1) is 0 Å². The number of carbonyl (C=O) groups is 1. The Hall–Kier alpha value is -0.633. The monoisotopic (exact) mass is 294 g/mol. The Bertz CT molecular complexity index is 377. The lowest BCUT2D eigenvalue weighted by Gasteiger charge is -2.35. The average Bonchev–Trinajstić information content (AvgIpc) is 2.26. The van der Waals surface area contributed by atoms with Crippen LogP contribution in [0.15, 0.2) is 23.3 Å². The zero-order chi connectivity index (χ0) is 16.0. The molecule has 116 valence electrons. The maximum absolute atomic E-state index is 12.4. The molecule has 0 aromatic rings. The van der Waals surface area contributed by atoms with Crippen LogP contribution in [0.3, 0.4) is 0 Å². The quantitative estimate of drug-likeness (QED) is 0.411. The van der Waals surface area contributed by atoms with Crippen LogP contribution in [0.1, 0.15) is 67.2 Å². The summed E-state index contributed by atoms with van der Waals surface area (Å²) >= 11 is 0. The molecule has 0 atom stereocenters. The van der Waals surface area contributed by atoms with Crippen molar-refractivity contribution in [2.24, 2.45) is 0 Å². The Morgan fingerprint density at radius 1 is 0.950 bits per heavy atom. The van der Waals surface area contributed by atoms with Crippen molar-refractivity contribution < 1.29 is 4.79 Å². The lowest BCUT2D eigenvalue weighted by molar-refractivity contribution is -0.112. The molecule has 0 rings (SSSR count). The first kappa shape index (κ1) is 19.4. The van der Waals surface area contributed by atoms with Gasteiger partial charge in [0.2, 0.25) is 0 Å². The van der Waals surface area contributed by atoms with Crippen molar-refractivity contribution in [2.45, 2.75) is 85.4 Å². The van der Waals surface area contributed by atoms with Crippen LogP contribution >= 0.6 is 0 Å². The van der Waals surface area contributed by atoms with Gasteiger partial charge in [0.25, 0.3) is 0 Å². The van der Waals surface area contributed by atoms with Crippen molar-refractivity contribution >= 4 is 13.5 Å². The zero-order valence-corrected chi connectivity index (χ0v) is 15.9. The summed E-state index contributed by atoms with van der Waals surface area (Å²) in [4.78, 5) is 12.4. The standard InChI is InChI=1S/C18H34OSi/c1-15(2)11-9-12-16(3)13-10-14-17(19)20(7,8)18(4,5)6/h11,13H,9-10,12,14H2,1-8H3/b16-13+. The van der Waals surface area contributed by atoms with E-state index in [1.54, 1.807) is 0 Å². The number of hydrogen-bond donors (Lipinski definition) is 0.